The Kier molecular flexibility index (Phi) is 4.51. The molecular formula is C22H24N6O4. The Labute approximate surface area is 184 Å². The Morgan fingerprint density at radius 2 is 1.88 bits per heavy atom. The lowest BCUT2D eigenvalue weighted by Crippen LogP contribution is -2.52. The maximum Gasteiger partial charge on any atom is 0.263 e. The van der Waals surface area contributed by atoms with Gasteiger partial charge in [0.25, 0.3) is 5.91 Å². The fourth-order valence-electron chi connectivity index (χ4n) is 4.18. The third-order valence-electron chi connectivity index (χ3n) is 6.14. The molecule has 166 valence electrons. The molecule has 1 saturated carbocycles. The van der Waals surface area contributed by atoms with Crippen molar-refractivity contribution in [1.29, 1.82) is 0 Å². The zero-order chi connectivity index (χ0) is 21.7. The van der Waals surface area contributed by atoms with Gasteiger partial charge in [0.2, 0.25) is 6.79 Å². The number of piperazine rings is 1. The Hall–Kier alpha value is -3.56. The number of amides is 1. The van der Waals surface area contributed by atoms with Crippen LogP contribution < -0.4 is 19.1 Å². The lowest BCUT2D eigenvalue weighted by atomic mass is 10.2. The van der Waals surface area contributed by atoms with Crippen LogP contribution in [0.2, 0.25) is 0 Å². The molecule has 0 bridgehead atoms. The Morgan fingerprint density at radius 1 is 1.06 bits per heavy atom. The lowest BCUT2D eigenvalue weighted by molar-refractivity contribution is -0.138. The zero-order valence-corrected chi connectivity index (χ0v) is 17.8. The van der Waals surface area contributed by atoms with Crippen LogP contribution in [-0.4, -0.2) is 69.7 Å². The van der Waals surface area contributed by atoms with E-state index in [1.165, 1.54) is 0 Å². The van der Waals surface area contributed by atoms with Crippen LogP contribution in [0.1, 0.15) is 31.5 Å². The smallest absolute Gasteiger partial charge is 0.263 e. The van der Waals surface area contributed by atoms with E-state index in [1.54, 1.807) is 25.1 Å². The average molecular weight is 436 g/mol. The first-order valence-electron chi connectivity index (χ1n) is 11.0. The van der Waals surface area contributed by atoms with E-state index in [1.807, 2.05) is 21.5 Å². The topological polar surface area (TPSA) is 94.3 Å². The maximum absolute atomic E-state index is 12.9. The van der Waals surface area contributed by atoms with E-state index in [0.717, 1.165) is 30.1 Å². The van der Waals surface area contributed by atoms with Crippen LogP contribution in [-0.2, 0) is 4.79 Å². The van der Waals surface area contributed by atoms with Crippen LogP contribution in [0.5, 0.6) is 17.2 Å². The number of carbonyl (C=O) groups is 1. The van der Waals surface area contributed by atoms with E-state index in [4.69, 9.17) is 19.3 Å². The first kappa shape index (κ1) is 19.1. The largest absolute Gasteiger partial charge is 0.481 e. The van der Waals surface area contributed by atoms with Crippen molar-refractivity contribution in [2.24, 2.45) is 0 Å². The van der Waals surface area contributed by atoms with Gasteiger partial charge in [0.05, 0.1) is 0 Å². The van der Waals surface area contributed by atoms with Crippen molar-refractivity contribution in [1.82, 2.24) is 24.7 Å². The predicted molar refractivity (Wildman–Crippen MR) is 114 cm³/mol. The number of aromatic nitrogens is 4. The van der Waals surface area contributed by atoms with Crippen molar-refractivity contribution in [3.8, 4) is 17.2 Å². The van der Waals surface area contributed by atoms with Gasteiger partial charge in [-0.05, 0) is 44.0 Å². The van der Waals surface area contributed by atoms with Gasteiger partial charge >= 0.3 is 0 Å². The number of ether oxygens (including phenoxy) is 3. The minimum Gasteiger partial charge on any atom is -0.481 e. The van der Waals surface area contributed by atoms with Crippen LogP contribution in [0, 0.1) is 0 Å². The molecule has 2 aliphatic heterocycles. The second kappa shape index (κ2) is 7.54. The summed E-state index contributed by atoms with van der Waals surface area (Å²) in [7, 11) is 0. The molecule has 1 aliphatic carbocycles. The Balaban J connectivity index is 1.09. The fourth-order valence-corrected chi connectivity index (χ4v) is 4.18. The van der Waals surface area contributed by atoms with E-state index in [-0.39, 0.29) is 12.7 Å². The summed E-state index contributed by atoms with van der Waals surface area (Å²) in [5.74, 6) is 4.20. The second-order valence-electron chi connectivity index (χ2n) is 8.38. The van der Waals surface area contributed by atoms with Crippen LogP contribution in [0.3, 0.4) is 0 Å². The van der Waals surface area contributed by atoms with Gasteiger partial charge in [-0.2, -0.15) is 4.52 Å². The molecule has 1 atom stereocenters. The number of nitrogens with zero attached hydrogens (tertiary/aromatic N) is 6. The monoisotopic (exact) mass is 436 g/mol. The molecular weight excluding hydrogens is 412 g/mol. The molecule has 3 aromatic rings. The molecule has 1 saturated heterocycles. The highest BCUT2D eigenvalue weighted by atomic mass is 16.7. The first-order chi connectivity index (χ1) is 15.7. The summed E-state index contributed by atoms with van der Waals surface area (Å²) < 4.78 is 18.4. The number of benzene rings is 1. The third kappa shape index (κ3) is 3.45. The van der Waals surface area contributed by atoms with Crippen molar-refractivity contribution in [3.05, 3.63) is 36.2 Å². The van der Waals surface area contributed by atoms with Gasteiger partial charge in [-0.3, -0.25) is 4.79 Å². The number of fused-ring (bicyclic) bond motifs is 2. The fraction of sp³-hybridized carbons (Fsp3) is 0.455. The highest BCUT2D eigenvalue weighted by molar-refractivity contribution is 5.81. The highest BCUT2D eigenvalue weighted by Gasteiger charge is 2.30. The van der Waals surface area contributed by atoms with Gasteiger partial charge in [-0.15, -0.1) is 15.3 Å². The molecule has 6 rings (SSSR count). The molecule has 10 heteroatoms. The summed E-state index contributed by atoms with van der Waals surface area (Å²) in [5.41, 5.74) is 0.777. The molecule has 3 aliphatic rings. The van der Waals surface area contributed by atoms with Gasteiger partial charge in [-0.1, -0.05) is 0 Å². The average Bonchev–Trinajstić information content (AvgIpc) is 3.40. The Bertz CT molecular complexity index is 1170. The maximum atomic E-state index is 12.9. The van der Waals surface area contributed by atoms with E-state index in [0.29, 0.717) is 49.3 Å². The van der Waals surface area contributed by atoms with Crippen LogP contribution in [0.4, 0.5) is 5.82 Å². The molecule has 0 spiro atoms. The molecule has 1 aromatic carbocycles. The van der Waals surface area contributed by atoms with Crippen LogP contribution >= 0.6 is 0 Å². The summed E-state index contributed by atoms with van der Waals surface area (Å²) >= 11 is 0. The van der Waals surface area contributed by atoms with Gasteiger partial charge < -0.3 is 24.0 Å². The number of rotatable bonds is 5. The number of hydrogen-bond donors (Lipinski definition) is 0. The quantitative estimate of drug-likeness (QED) is 0.598. The summed E-state index contributed by atoms with van der Waals surface area (Å²) in [4.78, 5) is 17.0. The molecule has 2 aromatic heterocycles. The molecule has 10 nitrogen and oxygen atoms in total. The molecule has 2 fully saturated rings. The van der Waals surface area contributed by atoms with Crippen molar-refractivity contribution in [2.45, 2.75) is 31.8 Å². The van der Waals surface area contributed by atoms with Crippen molar-refractivity contribution >= 4 is 17.4 Å². The molecule has 0 radical (unpaired) electrons. The van der Waals surface area contributed by atoms with Gasteiger partial charge in [0, 0.05) is 38.2 Å². The SMILES string of the molecule is C[C@H](Oc1ccc2c(c1)OCO2)C(=O)N1CCN(c2ccc3nnc(C4CC4)n3n2)CC1. The Morgan fingerprint density at radius 3 is 2.69 bits per heavy atom. The summed E-state index contributed by atoms with van der Waals surface area (Å²) in [5, 5.41) is 13.3. The number of hydrogen-bond acceptors (Lipinski definition) is 8. The summed E-state index contributed by atoms with van der Waals surface area (Å²) in [6.45, 7) is 4.64. The predicted octanol–water partition coefficient (Wildman–Crippen LogP) is 1.85. The van der Waals surface area contributed by atoms with Crippen LogP contribution in [0.25, 0.3) is 5.65 Å². The minimum atomic E-state index is -0.588. The van der Waals surface area contributed by atoms with E-state index in [2.05, 4.69) is 15.1 Å². The third-order valence-corrected chi connectivity index (χ3v) is 6.14. The van der Waals surface area contributed by atoms with Crippen molar-refractivity contribution in [2.75, 3.05) is 37.9 Å². The minimum absolute atomic E-state index is 0.0273. The lowest BCUT2D eigenvalue weighted by Gasteiger charge is -2.36. The normalized spacial score (nSPS) is 18.8. The highest BCUT2D eigenvalue weighted by Crippen LogP contribution is 2.39. The van der Waals surface area contributed by atoms with E-state index in [9.17, 15) is 4.79 Å². The molecule has 0 N–H and O–H groups in total. The van der Waals surface area contributed by atoms with E-state index >= 15 is 0 Å². The summed E-state index contributed by atoms with van der Waals surface area (Å²) in [6, 6.07) is 9.27. The van der Waals surface area contributed by atoms with Gasteiger partial charge in [0.15, 0.2) is 29.1 Å². The van der Waals surface area contributed by atoms with Gasteiger partial charge in [0.1, 0.15) is 11.6 Å². The number of carbonyl (C=O) groups excluding carboxylic acids is 1. The first-order valence-corrected chi connectivity index (χ1v) is 11.0. The molecule has 32 heavy (non-hydrogen) atoms. The zero-order valence-electron chi connectivity index (χ0n) is 17.8. The molecule has 1 amide bonds. The molecule has 4 heterocycles. The van der Waals surface area contributed by atoms with Crippen molar-refractivity contribution in [3.63, 3.8) is 0 Å². The van der Waals surface area contributed by atoms with E-state index < -0.39 is 6.10 Å². The number of anilines is 1. The van der Waals surface area contributed by atoms with Crippen LogP contribution in [0.15, 0.2) is 30.3 Å². The summed E-state index contributed by atoms with van der Waals surface area (Å²) in [6.07, 6.45) is 1.72. The second-order valence-corrected chi connectivity index (χ2v) is 8.38. The standard InChI is InChI=1S/C22H24N6O4/c1-14(32-16-4-5-17-18(12-16)31-13-30-17)22(29)27-10-8-26(9-11-27)20-7-6-19-23-24-21(15-2-3-15)28(19)25-20/h4-7,12,14-15H,2-3,8-11,13H2,1H3/t14-/m0/s1. The molecule has 0 unspecified atom stereocenters. The van der Waals surface area contributed by atoms with Gasteiger partial charge in [-0.25, -0.2) is 0 Å². The van der Waals surface area contributed by atoms with Crippen molar-refractivity contribution < 1.29 is 19.0 Å².